The summed E-state index contributed by atoms with van der Waals surface area (Å²) in [4.78, 5) is 40.6. The highest BCUT2D eigenvalue weighted by Crippen LogP contribution is 2.34. The Hall–Kier alpha value is -3.40. The summed E-state index contributed by atoms with van der Waals surface area (Å²) in [7, 11) is 0. The second-order valence-electron chi connectivity index (χ2n) is 8.15. The monoisotopic (exact) mass is 461 g/mol. The minimum atomic E-state index is -4.58. The second-order valence-corrected chi connectivity index (χ2v) is 8.15. The van der Waals surface area contributed by atoms with Crippen LogP contribution in [0.5, 0.6) is 5.75 Å². The SMILES string of the molecule is O=C(Nc1ccccc1O)C1CCN([C@H]2CC(=O)N(c3cccc(C(F)(F)F)c3)C2=O)CC1. The molecule has 2 aliphatic rings. The van der Waals surface area contributed by atoms with Gasteiger partial charge in [0.1, 0.15) is 5.75 Å². The first-order chi connectivity index (χ1) is 15.6. The van der Waals surface area contributed by atoms with Crippen LogP contribution in [0, 0.1) is 5.92 Å². The third-order valence-electron chi connectivity index (χ3n) is 6.06. The predicted octanol–water partition coefficient (Wildman–Crippen LogP) is 3.39. The first-order valence-corrected chi connectivity index (χ1v) is 10.5. The number of alkyl halides is 3. The van der Waals surface area contributed by atoms with Gasteiger partial charge < -0.3 is 10.4 Å². The lowest BCUT2D eigenvalue weighted by Crippen LogP contribution is -2.47. The predicted molar refractivity (Wildman–Crippen MR) is 113 cm³/mol. The molecule has 7 nitrogen and oxygen atoms in total. The van der Waals surface area contributed by atoms with E-state index in [1.807, 2.05) is 0 Å². The van der Waals surface area contributed by atoms with Gasteiger partial charge in [-0.3, -0.25) is 19.3 Å². The van der Waals surface area contributed by atoms with Gasteiger partial charge >= 0.3 is 6.18 Å². The van der Waals surface area contributed by atoms with Gasteiger partial charge in [0, 0.05) is 5.92 Å². The number of aromatic hydroxyl groups is 1. The van der Waals surface area contributed by atoms with Crippen molar-refractivity contribution in [1.82, 2.24) is 4.90 Å². The number of piperidine rings is 1. The maximum absolute atomic E-state index is 13.0. The molecule has 2 aromatic rings. The van der Waals surface area contributed by atoms with E-state index in [1.165, 1.54) is 18.2 Å². The molecule has 2 saturated heterocycles. The molecular formula is C23H22F3N3O4. The van der Waals surface area contributed by atoms with Crippen LogP contribution >= 0.6 is 0 Å². The van der Waals surface area contributed by atoms with Crippen LogP contribution in [-0.2, 0) is 20.6 Å². The summed E-state index contributed by atoms with van der Waals surface area (Å²) in [5.74, 6) is -1.71. The highest BCUT2D eigenvalue weighted by molar-refractivity contribution is 6.22. The van der Waals surface area contributed by atoms with Gasteiger partial charge in [0.2, 0.25) is 11.8 Å². The standard InChI is InChI=1S/C23H22F3N3O4/c24-23(25,26)15-4-3-5-16(12-15)29-20(31)13-18(22(29)33)28-10-8-14(9-11-28)21(32)27-17-6-1-2-7-19(17)30/h1-7,12,14,18,30H,8-11,13H2,(H,27,32)/t18-/m0/s1. The Bertz CT molecular complexity index is 1080. The fraction of sp³-hybridized carbons (Fsp3) is 0.348. The number of halogens is 3. The van der Waals surface area contributed by atoms with Crippen LogP contribution in [0.3, 0.4) is 0 Å². The number of carbonyl (C=O) groups is 3. The molecule has 3 amide bonds. The van der Waals surface area contributed by atoms with E-state index in [-0.39, 0.29) is 29.7 Å². The molecule has 2 heterocycles. The van der Waals surface area contributed by atoms with Gasteiger partial charge in [-0.2, -0.15) is 13.2 Å². The van der Waals surface area contributed by atoms with Crippen molar-refractivity contribution >= 4 is 29.1 Å². The molecule has 0 radical (unpaired) electrons. The van der Waals surface area contributed by atoms with Crippen molar-refractivity contribution in [3.8, 4) is 5.75 Å². The van der Waals surface area contributed by atoms with Crippen LogP contribution in [0.1, 0.15) is 24.8 Å². The minimum Gasteiger partial charge on any atom is -0.506 e. The number of phenolic OH excluding ortho intramolecular Hbond substituents is 1. The number of hydrogen-bond acceptors (Lipinski definition) is 5. The van der Waals surface area contributed by atoms with E-state index in [9.17, 15) is 32.7 Å². The number of amides is 3. The third kappa shape index (κ3) is 4.70. The third-order valence-corrected chi connectivity index (χ3v) is 6.06. The highest BCUT2D eigenvalue weighted by Gasteiger charge is 2.44. The maximum atomic E-state index is 13.0. The normalized spacial score (nSPS) is 20.3. The van der Waals surface area contributed by atoms with Gasteiger partial charge in [0.15, 0.2) is 0 Å². The summed E-state index contributed by atoms with van der Waals surface area (Å²) in [5, 5.41) is 12.5. The number of para-hydroxylation sites is 2. The lowest BCUT2D eigenvalue weighted by atomic mass is 9.94. The van der Waals surface area contributed by atoms with Crippen molar-refractivity contribution in [3.05, 3.63) is 54.1 Å². The molecule has 0 saturated carbocycles. The van der Waals surface area contributed by atoms with Gasteiger partial charge in [-0.1, -0.05) is 18.2 Å². The number of nitrogens with zero attached hydrogens (tertiary/aromatic N) is 2. The van der Waals surface area contributed by atoms with E-state index in [2.05, 4.69) is 5.32 Å². The average molecular weight is 461 g/mol. The lowest BCUT2D eigenvalue weighted by molar-refractivity contribution is -0.137. The summed E-state index contributed by atoms with van der Waals surface area (Å²) < 4.78 is 39.1. The first kappa shape index (κ1) is 22.8. The summed E-state index contributed by atoms with van der Waals surface area (Å²) in [6.45, 7) is 0.776. The molecule has 1 atom stereocenters. The molecule has 2 N–H and O–H groups in total. The van der Waals surface area contributed by atoms with Crippen LogP contribution in [0.15, 0.2) is 48.5 Å². The van der Waals surface area contributed by atoms with Crippen LogP contribution in [0.2, 0.25) is 0 Å². The maximum Gasteiger partial charge on any atom is 0.416 e. The lowest BCUT2D eigenvalue weighted by Gasteiger charge is -2.34. The molecule has 33 heavy (non-hydrogen) atoms. The van der Waals surface area contributed by atoms with Gasteiger partial charge in [-0.25, -0.2) is 4.90 Å². The molecule has 4 rings (SSSR count). The molecule has 0 bridgehead atoms. The zero-order valence-electron chi connectivity index (χ0n) is 17.5. The summed E-state index contributed by atoms with van der Waals surface area (Å²) in [6, 6.07) is 9.79. The van der Waals surface area contributed by atoms with Gasteiger partial charge in [0.25, 0.3) is 5.91 Å². The summed E-state index contributed by atoms with van der Waals surface area (Å²) in [6.07, 6.45) is -3.81. The van der Waals surface area contributed by atoms with E-state index in [4.69, 9.17) is 0 Å². The summed E-state index contributed by atoms with van der Waals surface area (Å²) in [5.41, 5.74) is -0.710. The van der Waals surface area contributed by atoms with E-state index < -0.39 is 29.6 Å². The number of anilines is 2. The Labute approximate surface area is 187 Å². The highest BCUT2D eigenvalue weighted by atomic mass is 19.4. The largest absolute Gasteiger partial charge is 0.506 e. The van der Waals surface area contributed by atoms with Crippen LogP contribution in [-0.4, -0.2) is 46.9 Å². The van der Waals surface area contributed by atoms with E-state index in [0.29, 0.717) is 31.6 Å². The van der Waals surface area contributed by atoms with Crippen LogP contribution < -0.4 is 10.2 Å². The molecular weight excluding hydrogens is 439 g/mol. The van der Waals surface area contributed by atoms with E-state index in [1.54, 1.807) is 23.1 Å². The fourth-order valence-electron chi connectivity index (χ4n) is 4.28. The van der Waals surface area contributed by atoms with Crippen molar-refractivity contribution in [2.45, 2.75) is 31.5 Å². The zero-order valence-corrected chi connectivity index (χ0v) is 17.5. The second kappa shape index (κ2) is 8.86. The quantitative estimate of drug-likeness (QED) is 0.538. The van der Waals surface area contributed by atoms with Crippen molar-refractivity contribution in [2.24, 2.45) is 5.92 Å². The number of benzene rings is 2. The smallest absolute Gasteiger partial charge is 0.416 e. The number of nitrogens with one attached hydrogen (secondary N) is 1. The molecule has 0 aliphatic carbocycles. The Kier molecular flexibility index (Phi) is 6.11. The molecule has 2 fully saturated rings. The van der Waals surface area contributed by atoms with E-state index in [0.717, 1.165) is 17.0 Å². The Morgan fingerprint density at radius 3 is 2.39 bits per heavy atom. The van der Waals surface area contributed by atoms with Crippen molar-refractivity contribution in [1.29, 1.82) is 0 Å². The first-order valence-electron chi connectivity index (χ1n) is 10.5. The molecule has 0 aromatic heterocycles. The Balaban J connectivity index is 1.39. The van der Waals surface area contributed by atoms with Crippen LogP contribution in [0.4, 0.5) is 24.5 Å². The number of carbonyl (C=O) groups excluding carboxylic acids is 3. The molecule has 2 aromatic carbocycles. The molecule has 174 valence electrons. The van der Waals surface area contributed by atoms with Gasteiger partial charge in [0.05, 0.1) is 29.4 Å². The van der Waals surface area contributed by atoms with Crippen molar-refractivity contribution < 1.29 is 32.7 Å². The van der Waals surface area contributed by atoms with E-state index >= 15 is 0 Å². The molecule has 0 spiro atoms. The Morgan fingerprint density at radius 1 is 1.03 bits per heavy atom. The van der Waals surface area contributed by atoms with Gasteiger partial charge in [-0.15, -0.1) is 0 Å². The summed E-state index contributed by atoms with van der Waals surface area (Å²) >= 11 is 0. The average Bonchev–Trinajstić information content (AvgIpc) is 3.08. The minimum absolute atomic E-state index is 0.0342. The van der Waals surface area contributed by atoms with Crippen molar-refractivity contribution in [2.75, 3.05) is 23.3 Å². The fourth-order valence-corrected chi connectivity index (χ4v) is 4.28. The molecule has 10 heteroatoms. The number of hydrogen-bond donors (Lipinski definition) is 2. The molecule has 0 unspecified atom stereocenters. The number of likely N-dealkylation sites (tertiary alicyclic amines) is 1. The van der Waals surface area contributed by atoms with Gasteiger partial charge in [-0.05, 0) is 56.3 Å². The zero-order chi connectivity index (χ0) is 23.8. The number of rotatable bonds is 4. The number of imide groups is 1. The van der Waals surface area contributed by atoms with Crippen LogP contribution in [0.25, 0.3) is 0 Å². The van der Waals surface area contributed by atoms with Crippen molar-refractivity contribution in [3.63, 3.8) is 0 Å². The number of phenols is 1. The molecule has 2 aliphatic heterocycles. The Morgan fingerprint density at radius 2 is 1.73 bits per heavy atom. The topological polar surface area (TPSA) is 89.9 Å².